The number of fused-ring (bicyclic) bond motifs is 1. The second-order valence-corrected chi connectivity index (χ2v) is 8.10. The van der Waals surface area contributed by atoms with Crippen molar-refractivity contribution in [2.45, 2.75) is 37.8 Å². The van der Waals surface area contributed by atoms with Gasteiger partial charge in [0, 0.05) is 43.1 Å². The van der Waals surface area contributed by atoms with Crippen molar-refractivity contribution in [1.29, 1.82) is 5.41 Å². The molecule has 1 saturated heterocycles. The number of hydrogen-bond acceptors (Lipinski definition) is 4. The van der Waals surface area contributed by atoms with Gasteiger partial charge in [-0.1, -0.05) is 42.5 Å². The number of carbonyl (C=O) groups is 2. The lowest BCUT2D eigenvalue weighted by Gasteiger charge is -2.38. The Morgan fingerprint density at radius 1 is 1.23 bits per heavy atom. The third-order valence-electron chi connectivity index (χ3n) is 5.94. The minimum atomic E-state index is -3.59. The first-order chi connectivity index (χ1) is 14.8. The summed E-state index contributed by atoms with van der Waals surface area (Å²) < 4.78 is 26.3. The first-order valence-electron chi connectivity index (χ1n) is 10.2. The second kappa shape index (κ2) is 8.19. The Morgan fingerprint density at radius 3 is 2.68 bits per heavy atom. The average molecular weight is 426 g/mol. The molecule has 0 bridgehead atoms. The summed E-state index contributed by atoms with van der Waals surface area (Å²) in [6.45, 7) is 2.54. The molecule has 2 atom stereocenters. The van der Waals surface area contributed by atoms with Gasteiger partial charge in [0.05, 0.1) is 0 Å². The molecule has 2 heterocycles. The second-order valence-electron chi connectivity index (χ2n) is 8.10. The summed E-state index contributed by atoms with van der Waals surface area (Å²) in [5.41, 5.74) is 2.68. The predicted octanol–water partition coefficient (Wildman–Crippen LogP) is 2.88. The van der Waals surface area contributed by atoms with E-state index in [0.717, 1.165) is 25.1 Å². The van der Waals surface area contributed by atoms with Crippen LogP contribution in [0, 0.1) is 5.41 Å². The summed E-state index contributed by atoms with van der Waals surface area (Å²) in [7, 11) is 0. The molecule has 2 aliphatic heterocycles. The first kappa shape index (κ1) is 21.1. The van der Waals surface area contributed by atoms with Crippen LogP contribution >= 0.6 is 0 Å². The van der Waals surface area contributed by atoms with Crippen molar-refractivity contribution in [3.05, 3.63) is 70.8 Å². The van der Waals surface area contributed by atoms with Crippen LogP contribution in [0.15, 0.2) is 48.5 Å². The van der Waals surface area contributed by atoms with Gasteiger partial charge in [-0.2, -0.15) is 8.78 Å². The van der Waals surface area contributed by atoms with Crippen LogP contribution in [0.1, 0.15) is 46.3 Å². The van der Waals surface area contributed by atoms with E-state index < -0.39 is 17.7 Å². The third-order valence-corrected chi connectivity index (χ3v) is 5.94. The van der Waals surface area contributed by atoms with Crippen molar-refractivity contribution in [2.24, 2.45) is 0 Å². The fourth-order valence-electron chi connectivity index (χ4n) is 4.30. The van der Waals surface area contributed by atoms with E-state index in [1.165, 1.54) is 11.6 Å². The molecular weight excluding hydrogens is 402 g/mol. The van der Waals surface area contributed by atoms with Crippen molar-refractivity contribution < 1.29 is 18.4 Å². The molecule has 2 aromatic carbocycles. The standard InChI is InChI=1S/C23H24F2N4O2/c1-23(24,25)22(31)28-20(26)15-7-8-16-13-29(21(30)17(16)11-15)19-9-10-27-12-18(19)14-5-3-2-4-6-14/h2-8,11,18-19,27H,9-10,12-13H2,1H3,(H2,26,28,31)/t18-,19-/m0/s1. The van der Waals surface area contributed by atoms with Gasteiger partial charge in [0.15, 0.2) is 0 Å². The van der Waals surface area contributed by atoms with Crippen molar-refractivity contribution in [3.63, 3.8) is 0 Å². The van der Waals surface area contributed by atoms with Gasteiger partial charge in [-0.05, 0) is 30.2 Å². The van der Waals surface area contributed by atoms with Gasteiger partial charge in [0.1, 0.15) is 5.84 Å². The summed E-state index contributed by atoms with van der Waals surface area (Å²) in [6.07, 6.45) is 0.823. The van der Waals surface area contributed by atoms with Crippen LogP contribution in [0.3, 0.4) is 0 Å². The Morgan fingerprint density at radius 2 is 1.97 bits per heavy atom. The number of nitrogens with one attached hydrogen (secondary N) is 3. The van der Waals surface area contributed by atoms with Gasteiger partial charge in [0.25, 0.3) is 11.8 Å². The summed E-state index contributed by atoms with van der Waals surface area (Å²) in [5, 5.41) is 13.3. The molecule has 162 valence electrons. The third kappa shape index (κ3) is 4.20. The smallest absolute Gasteiger partial charge is 0.322 e. The molecule has 0 saturated carbocycles. The maximum atomic E-state index is 13.3. The van der Waals surface area contributed by atoms with Crippen LogP contribution in [-0.2, 0) is 11.3 Å². The summed E-state index contributed by atoms with van der Waals surface area (Å²) >= 11 is 0. The normalized spacial score (nSPS) is 21.0. The van der Waals surface area contributed by atoms with E-state index >= 15 is 0 Å². The molecule has 4 rings (SSSR count). The molecule has 6 nitrogen and oxygen atoms in total. The molecule has 2 aliphatic rings. The molecule has 0 aliphatic carbocycles. The number of alkyl halides is 2. The molecule has 0 spiro atoms. The highest BCUT2D eigenvalue weighted by Gasteiger charge is 2.39. The van der Waals surface area contributed by atoms with E-state index in [1.54, 1.807) is 12.1 Å². The van der Waals surface area contributed by atoms with E-state index in [4.69, 9.17) is 5.41 Å². The summed E-state index contributed by atoms with van der Waals surface area (Å²) in [4.78, 5) is 26.6. The first-order valence-corrected chi connectivity index (χ1v) is 10.2. The van der Waals surface area contributed by atoms with Gasteiger partial charge >= 0.3 is 5.92 Å². The van der Waals surface area contributed by atoms with Crippen molar-refractivity contribution >= 4 is 17.6 Å². The van der Waals surface area contributed by atoms with E-state index in [0.29, 0.717) is 19.0 Å². The number of benzene rings is 2. The Balaban J connectivity index is 1.55. The molecular formula is C23H24F2N4O2. The van der Waals surface area contributed by atoms with Gasteiger partial charge < -0.3 is 15.5 Å². The lowest BCUT2D eigenvalue weighted by atomic mass is 9.86. The Kier molecular flexibility index (Phi) is 5.58. The minimum Gasteiger partial charge on any atom is -0.331 e. The Labute approximate surface area is 179 Å². The van der Waals surface area contributed by atoms with Gasteiger partial charge in [-0.25, -0.2) is 0 Å². The zero-order chi connectivity index (χ0) is 22.2. The highest BCUT2D eigenvalue weighted by molar-refractivity contribution is 6.09. The molecule has 2 aromatic rings. The van der Waals surface area contributed by atoms with Gasteiger partial charge in [-0.15, -0.1) is 0 Å². The lowest BCUT2D eigenvalue weighted by Crippen LogP contribution is -2.48. The van der Waals surface area contributed by atoms with Crippen LogP contribution < -0.4 is 10.6 Å². The van der Waals surface area contributed by atoms with E-state index in [9.17, 15) is 18.4 Å². The minimum absolute atomic E-state index is 0.0323. The fourth-order valence-corrected chi connectivity index (χ4v) is 4.30. The molecule has 1 fully saturated rings. The highest BCUT2D eigenvalue weighted by atomic mass is 19.3. The van der Waals surface area contributed by atoms with Crippen LogP contribution in [0.2, 0.25) is 0 Å². The zero-order valence-electron chi connectivity index (χ0n) is 17.1. The highest BCUT2D eigenvalue weighted by Crippen LogP contribution is 2.34. The number of rotatable bonds is 4. The van der Waals surface area contributed by atoms with Crippen molar-refractivity contribution in [1.82, 2.24) is 15.5 Å². The van der Waals surface area contributed by atoms with Gasteiger partial charge in [0.2, 0.25) is 0 Å². The largest absolute Gasteiger partial charge is 0.331 e. The Hall–Kier alpha value is -3.13. The maximum absolute atomic E-state index is 13.3. The SMILES string of the molecule is CC(F)(F)C(=O)NC(=N)c1ccc2c(c1)C(=O)N([C@H]1CCNC[C@H]1c1ccccc1)C2. The number of piperidine rings is 1. The number of halogens is 2. The molecule has 8 heteroatoms. The van der Waals surface area contributed by atoms with E-state index in [2.05, 4.69) is 17.4 Å². The quantitative estimate of drug-likeness (QED) is 0.519. The average Bonchev–Trinajstić information content (AvgIpc) is 3.09. The topological polar surface area (TPSA) is 85.3 Å². The van der Waals surface area contributed by atoms with Crippen molar-refractivity contribution in [2.75, 3.05) is 13.1 Å². The summed E-state index contributed by atoms with van der Waals surface area (Å²) in [6, 6.07) is 14.9. The molecule has 0 unspecified atom stereocenters. The van der Waals surface area contributed by atoms with E-state index in [-0.39, 0.29) is 23.4 Å². The van der Waals surface area contributed by atoms with Crippen LogP contribution in [0.25, 0.3) is 0 Å². The Bertz CT molecular complexity index is 1020. The lowest BCUT2D eigenvalue weighted by molar-refractivity contribution is -0.141. The number of amides is 2. The maximum Gasteiger partial charge on any atom is 0.322 e. The molecule has 0 radical (unpaired) electrons. The number of nitrogens with zero attached hydrogens (tertiary/aromatic N) is 1. The number of carbonyl (C=O) groups excluding carboxylic acids is 2. The number of amidine groups is 1. The summed E-state index contributed by atoms with van der Waals surface area (Å²) in [5.74, 6) is -5.56. The molecule has 2 amide bonds. The van der Waals surface area contributed by atoms with Crippen LogP contribution in [0.5, 0.6) is 0 Å². The zero-order valence-corrected chi connectivity index (χ0v) is 17.1. The molecule has 0 aromatic heterocycles. The monoisotopic (exact) mass is 426 g/mol. The predicted molar refractivity (Wildman–Crippen MR) is 112 cm³/mol. The fraction of sp³-hybridized carbons (Fsp3) is 0.348. The van der Waals surface area contributed by atoms with Crippen molar-refractivity contribution in [3.8, 4) is 0 Å². The van der Waals surface area contributed by atoms with E-state index in [1.807, 2.05) is 28.4 Å². The van der Waals surface area contributed by atoms with Gasteiger partial charge in [-0.3, -0.25) is 15.0 Å². The molecule has 3 N–H and O–H groups in total. The van der Waals surface area contributed by atoms with Crippen LogP contribution in [0.4, 0.5) is 8.78 Å². The number of hydrogen-bond donors (Lipinski definition) is 3. The molecule has 31 heavy (non-hydrogen) atoms. The van der Waals surface area contributed by atoms with Crippen LogP contribution in [-0.4, -0.2) is 47.6 Å².